The normalized spacial score (nSPS) is 24.8. The lowest BCUT2D eigenvalue weighted by Crippen LogP contribution is -2.31. The molecule has 1 saturated heterocycles. The van der Waals surface area contributed by atoms with Crippen LogP contribution in [0, 0.1) is 0 Å². The molecule has 160 valence electrons. The van der Waals surface area contributed by atoms with Crippen LogP contribution < -0.4 is 15.8 Å². The molecule has 1 aromatic carbocycles. The van der Waals surface area contributed by atoms with Crippen molar-refractivity contribution in [3.8, 4) is 5.75 Å². The van der Waals surface area contributed by atoms with Crippen molar-refractivity contribution < 1.29 is 27.3 Å². The topological polar surface area (TPSA) is 109 Å². The molecule has 9 nitrogen and oxygen atoms in total. The molecule has 29 heavy (non-hydrogen) atoms. The Bertz CT molecular complexity index is 961. The first-order chi connectivity index (χ1) is 13.9. The van der Waals surface area contributed by atoms with Crippen molar-refractivity contribution in [3.63, 3.8) is 0 Å². The number of aromatic nitrogens is 2. The van der Waals surface area contributed by atoms with Crippen LogP contribution in [0.2, 0.25) is 0 Å². The van der Waals surface area contributed by atoms with Crippen molar-refractivity contribution in [3.05, 3.63) is 62.9 Å². The molecule has 11 heteroatoms. The van der Waals surface area contributed by atoms with Crippen molar-refractivity contribution >= 4 is 7.82 Å². The molecule has 0 radical (unpaired) electrons. The monoisotopic (exact) mass is 430 g/mol. The van der Waals surface area contributed by atoms with E-state index in [9.17, 15) is 18.5 Å². The van der Waals surface area contributed by atoms with Gasteiger partial charge in [-0.2, -0.15) is 0 Å². The molecule has 3 unspecified atom stereocenters. The Morgan fingerprint density at radius 1 is 1.21 bits per heavy atom. The van der Waals surface area contributed by atoms with Gasteiger partial charge in [0.1, 0.15) is 12.0 Å². The van der Waals surface area contributed by atoms with Gasteiger partial charge in [-0.1, -0.05) is 18.2 Å². The SMILES string of the molecule is CC1CCC(n2ccc(=O)[nH]c2=O)O1.CF.COP1(=O)OCc2ccccc2O1. The number of H-pyrrole nitrogens is 1. The van der Waals surface area contributed by atoms with Gasteiger partial charge in [0.2, 0.25) is 0 Å². The van der Waals surface area contributed by atoms with Crippen molar-refractivity contribution in [1.29, 1.82) is 0 Å². The second-order valence-corrected chi connectivity index (χ2v) is 7.80. The number of phosphoric acid groups is 1. The summed E-state index contributed by atoms with van der Waals surface area (Å²) in [6, 6.07) is 8.60. The van der Waals surface area contributed by atoms with Gasteiger partial charge >= 0.3 is 13.5 Å². The fourth-order valence-corrected chi connectivity index (χ4v) is 3.69. The first-order valence-electron chi connectivity index (χ1n) is 8.83. The highest BCUT2D eigenvalue weighted by atomic mass is 31.2. The standard InChI is InChI=1S/C9H12N2O3.C8H9O4P.CH3F/c1-6-2-3-8(14-6)11-5-4-7(12)10-9(11)13;1-10-13(9)11-6-7-4-2-3-5-8(7)12-13;1-2/h4-6,8H,2-3H2,1H3,(H,10,12,13);2-5H,6H2,1H3;1H3. The van der Waals surface area contributed by atoms with Gasteiger partial charge in [-0.15, -0.1) is 0 Å². The Balaban J connectivity index is 0.000000191. The lowest BCUT2D eigenvalue weighted by atomic mass is 10.2. The molecule has 1 fully saturated rings. The number of fused-ring (bicyclic) bond motifs is 1. The Morgan fingerprint density at radius 2 is 1.93 bits per heavy atom. The number of para-hydroxylation sites is 1. The van der Waals surface area contributed by atoms with Gasteiger partial charge in [0, 0.05) is 24.9 Å². The van der Waals surface area contributed by atoms with Crippen LogP contribution in [-0.4, -0.2) is 29.9 Å². The van der Waals surface area contributed by atoms with Gasteiger partial charge in [0.05, 0.1) is 19.9 Å². The zero-order valence-electron chi connectivity index (χ0n) is 16.4. The molecule has 0 aliphatic carbocycles. The zero-order valence-corrected chi connectivity index (χ0v) is 17.3. The summed E-state index contributed by atoms with van der Waals surface area (Å²) < 4.78 is 42.6. The van der Waals surface area contributed by atoms with Crippen LogP contribution in [0.5, 0.6) is 5.75 Å². The maximum Gasteiger partial charge on any atom is 0.530 e. The second-order valence-electron chi connectivity index (χ2n) is 6.10. The first kappa shape index (κ1) is 23.0. The molecule has 2 aliphatic rings. The highest BCUT2D eigenvalue weighted by molar-refractivity contribution is 7.48. The van der Waals surface area contributed by atoms with Gasteiger partial charge in [-0.05, 0) is 25.8 Å². The second kappa shape index (κ2) is 10.5. The van der Waals surface area contributed by atoms with Crippen LogP contribution in [0.4, 0.5) is 4.39 Å². The number of rotatable bonds is 2. The van der Waals surface area contributed by atoms with Crippen LogP contribution in [0.15, 0.2) is 46.1 Å². The summed E-state index contributed by atoms with van der Waals surface area (Å²) in [5.41, 5.74) is 0.0971. The number of ether oxygens (including phenoxy) is 1. The minimum Gasteiger partial charge on any atom is -0.404 e. The van der Waals surface area contributed by atoms with Gasteiger partial charge in [-0.25, -0.2) is 9.36 Å². The van der Waals surface area contributed by atoms with E-state index in [1.54, 1.807) is 6.07 Å². The predicted octanol–water partition coefficient (Wildman–Crippen LogP) is 3.17. The largest absolute Gasteiger partial charge is 0.530 e. The van der Waals surface area contributed by atoms with Gasteiger partial charge in [-0.3, -0.25) is 27.8 Å². The van der Waals surface area contributed by atoms with Crippen molar-refractivity contribution in [1.82, 2.24) is 9.55 Å². The predicted molar refractivity (Wildman–Crippen MR) is 104 cm³/mol. The lowest BCUT2D eigenvalue weighted by Gasteiger charge is -2.23. The number of phosphoric ester groups is 1. The number of hydrogen-bond acceptors (Lipinski definition) is 7. The highest BCUT2D eigenvalue weighted by Gasteiger charge is 2.32. The Hall–Kier alpha value is -2.26. The van der Waals surface area contributed by atoms with E-state index in [1.807, 2.05) is 25.1 Å². The quantitative estimate of drug-likeness (QED) is 0.729. The number of aromatic amines is 1. The maximum absolute atomic E-state index is 11.5. The molecule has 1 aromatic heterocycles. The highest BCUT2D eigenvalue weighted by Crippen LogP contribution is 2.53. The van der Waals surface area contributed by atoms with E-state index in [4.69, 9.17) is 13.8 Å². The molecule has 0 spiro atoms. The van der Waals surface area contributed by atoms with E-state index in [-0.39, 0.29) is 24.5 Å². The minimum atomic E-state index is -3.33. The smallest absolute Gasteiger partial charge is 0.404 e. The summed E-state index contributed by atoms with van der Waals surface area (Å²) in [6.07, 6.45) is 3.18. The minimum absolute atomic E-state index is 0.179. The zero-order chi connectivity index (χ0) is 21.4. The number of nitrogens with zero attached hydrogens (tertiary/aromatic N) is 1. The number of alkyl halides is 1. The average molecular weight is 430 g/mol. The van der Waals surface area contributed by atoms with Gasteiger partial charge in [0.25, 0.3) is 5.56 Å². The summed E-state index contributed by atoms with van der Waals surface area (Å²) in [7, 11) is -1.53. The molecule has 0 saturated carbocycles. The van der Waals surface area contributed by atoms with Crippen LogP contribution in [0.3, 0.4) is 0 Å². The van der Waals surface area contributed by atoms with Crippen molar-refractivity contribution in [2.24, 2.45) is 0 Å². The summed E-state index contributed by atoms with van der Waals surface area (Å²) in [5, 5.41) is 0. The lowest BCUT2D eigenvalue weighted by molar-refractivity contribution is 0.00792. The fourth-order valence-electron chi connectivity index (χ4n) is 2.74. The van der Waals surface area contributed by atoms with Crippen molar-refractivity contribution in [2.75, 3.05) is 14.3 Å². The summed E-state index contributed by atoms with van der Waals surface area (Å²) in [5.74, 6) is 0.568. The van der Waals surface area contributed by atoms with Gasteiger partial charge < -0.3 is 9.26 Å². The molecule has 3 heterocycles. The first-order valence-corrected chi connectivity index (χ1v) is 10.3. The summed E-state index contributed by atoms with van der Waals surface area (Å²) in [6.45, 7) is 2.23. The third-order valence-electron chi connectivity index (χ3n) is 4.16. The molecule has 2 aliphatic heterocycles. The number of halogens is 1. The average Bonchev–Trinajstić information content (AvgIpc) is 3.16. The third-order valence-corrected chi connectivity index (χ3v) is 5.47. The van der Waals surface area contributed by atoms with Crippen molar-refractivity contribution in [2.45, 2.75) is 38.7 Å². The summed E-state index contributed by atoms with van der Waals surface area (Å²) in [4.78, 5) is 24.4. The fraction of sp³-hybridized carbons (Fsp3) is 0.444. The molecule has 3 atom stereocenters. The molecule has 0 amide bonds. The van der Waals surface area contributed by atoms with Gasteiger partial charge in [0.15, 0.2) is 0 Å². The molecule has 0 bridgehead atoms. The number of nitrogens with one attached hydrogen (secondary N) is 1. The van der Waals surface area contributed by atoms with Crippen LogP contribution in [0.1, 0.15) is 31.6 Å². The molecular weight excluding hydrogens is 406 g/mol. The maximum atomic E-state index is 11.5. The van der Waals surface area contributed by atoms with E-state index in [0.29, 0.717) is 12.9 Å². The molecule has 1 N–H and O–H groups in total. The third kappa shape index (κ3) is 6.11. The number of benzene rings is 1. The van der Waals surface area contributed by atoms with E-state index < -0.39 is 13.5 Å². The van der Waals surface area contributed by atoms with E-state index in [2.05, 4.69) is 9.51 Å². The van der Waals surface area contributed by atoms with E-state index in [0.717, 1.165) is 18.4 Å². The van der Waals surface area contributed by atoms with E-state index >= 15 is 0 Å². The van der Waals surface area contributed by atoms with Crippen LogP contribution in [-0.2, 0) is 25.0 Å². The molecule has 4 rings (SSSR count). The van der Waals surface area contributed by atoms with E-state index in [1.165, 1.54) is 23.9 Å². The molecular formula is C18H24FN2O7P. The Kier molecular flexibility index (Phi) is 8.33. The Labute approximate surface area is 167 Å². The molecule has 2 aromatic rings. The van der Waals surface area contributed by atoms with Crippen LogP contribution in [0.25, 0.3) is 0 Å². The Morgan fingerprint density at radius 3 is 2.55 bits per heavy atom. The van der Waals surface area contributed by atoms with Crippen LogP contribution >= 0.6 is 7.82 Å². The summed E-state index contributed by atoms with van der Waals surface area (Å²) >= 11 is 0. The number of hydrogen-bond donors (Lipinski definition) is 1.